The Morgan fingerprint density at radius 3 is 2.82 bits per heavy atom. The quantitative estimate of drug-likeness (QED) is 0.795. The summed E-state index contributed by atoms with van der Waals surface area (Å²) in [5.41, 5.74) is 5.83. The van der Waals surface area contributed by atoms with E-state index in [1.165, 1.54) is 12.8 Å². The van der Waals surface area contributed by atoms with Crippen LogP contribution in [0, 0.1) is 0 Å². The first-order valence-corrected chi connectivity index (χ1v) is 6.30. The van der Waals surface area contributed by atoms with Crippen molar-refractivity contribution in [3.63, 3.8) is 0 Å². The zero-order valence-corrected chi connectivity index (χ0v) is 9.84. The van der Waals surface area contributed by atoms with Crippen molar-refractivity contribution in [2.45, 2.75) is 37.7 Å². The van der Waals surface area contributed by atoms with Crippen molar-refractivity contribution in [2.75, 3.05) is 23.7 Å². The van der Waals surface area contributed by atoms with Crippen molar-refractivity contribution >= 4 is 11.6 Å². The summed E-state index contributed by atoms with van der Waals surface area (Å²) in [7, 11) is 0. The topological polar surface area (TPSA) is 75.3 Å². The molecule has 1 atom stereocenters. The Bertz CT molecular complexity index is 419. The number of hydrogen-bond acceptors (Lipinski definition) is 5. The summed E-state index contributed by atoms with van der Waals surface area (Å²) in [5, 5.41) is 9.68. The molecular formula is C12H18N4O. The first-order chi connectivity index (χ1) is 8.22. The highest BCUT2D eigenvalue weighted by molar-refractivity contribution is 5.48. The van der Waals surface area contributed by atoms with Gasteiger partial charge in [0.1, 0.15) is 17.5 Å². The number of aromatic nitrogens is 2. The Labute approximate surface area is 101 Å². The summed E-state index contributed by atoms with van der Waals surface area (Å²) in [6.45, 7) is 1.60. The monoisotopic (exact) mass is 234 g/mol. The van der Waals surface area contributed by atoms with Gasteiger partial charge >= 0.3 is 0 Å². The van der Waals surface area contributed by atoms with Crippen molar-refractivity contribution in [1.82, 2.24) is 9.97 Å². The van der Waals surface area contributed by atoms with E-state index in [0.717, 1.165) is 31.0 Å². The van der Waals surface area contributed by atoms with Crippen LogP contribution in [-0.2, 0) is 0 Å². The van der Waals surface area contributed by atoms with Crippen LogP contribution in [0.3, 0.4) is 0 Å². The molecule has 0 amide bonds. The molecule has 2 fully saturated rings. The number of nitrogens with zero attached hydrogens (tertiary/aromatic N) is 3. The van der Waals surface area contributed by atoms with E-state index in [9.17, 15) is 5.11 Å². The molecule has 1 aromatic rings. The molecule has 1 aliphatic heterocycles. The van der Waals surface area contributed by atoms with Gasteiger partial charge in [-0.15, -0.1) is 0 Å². The molecule has 0 bridgehead atoms. The van der Waals surface area contributed by atoms with Crippen molar-refractivity contribution in [1.29, 1.82) is 0 Å². The van der Waals surface area contributed by atoms with Gasteiger partial charge in [0.2, 0.25) is 0 Å². The predicted molar refractivity (Wildman–Crippen MR) is 65.9 cm³/mol. The minimum atomic E-state index is -0.246. The highest BCUT2D eigenvalue weighted by atomic mass is 16.3. The zero-order chi connectivity index (χ0) is 11.8. The number of anilines is 2. The van der Waals surface area contributed by atoms with Gasteiger partial charge in [-0.05, 0) is 25.7 Å². The summed E-state index contributed by atoms with van der Waals surface area (Å²) in [5.74, 6) is 2.79. The molecule has 2 heterocycles. The van der Waals surface area contributed by atoms with Crippen LogP contribution in [0.15, 0.2) is 6.07 Å². The lowest BCUT2D eigenvalue weighted by Crippen LogP contribution is -2.38. The van der Waals surface area contributed by atoms with Crippen LogP contribution in [0.5, 0.6) is 0 Å². The zero-order valence-electron chi connectivity index (χ0n) is 9.84. The predicted octanol–water partition coefficient (Wildman–Crippen LogP) is 0.897. The third-order valence-corrected chi connectivity index (χ3v) is 3.41. The van der Waals surface area contributed by atoms with Crippen molar-refractivity contribution < 1.29 is 5.11 Å². The fourth-order valence-corrected chi connectivity index (χ4v) is 2.32. The van der Waals surface area contributed by atoms with E-state index in [0.29, 0.717) is 18.3 Å². The van der Waals surface area contributed by atoms with E-state index in [1.807, 2.05) is 6.07 Å². The average molecular weight is 234 g/mol. The standard InChI is InChI=1S/C12H18N4O/c13-10-6-11(15-12(14-10)8-3-4-8)16-5-1-2-9(17)7-16/h6,8-9,17H,1-5,7H2,(H2,13,14,15). The molecule has 1 saturated heterocycles. The fraction of sp³-hybridized carbons (Fsp3) is 0.667. The second kappa shape index (κ2) is 4.14. The molecular weight excluding hydrogens is 216 g/mol. The number of hydrogen-bond donors (Lipinski definition) is 2. The molecule has 1 saturated carbocycles. The van der Waals surface area contributed by atoms with Gasteiger partial charge in [-0.25, -0.2) is 9.97 Å². The summed E-state index contributed by atoms with van der Waals surface area (Å²) in [6.07, 6.45) is 3.98. The fourth-order valence-electron chi connectivity index (χ4n) is 2.32. The van der Waals surface area contributed by atoms with Crippen molar-refractivity contribution in [3.05, 3.63) is 11.9 Å². The van der Waals surface area contributed by atoms with Crippen molar-refractivity contribution in [2.24, 2.45) is 0 Å². The Balaban J connectivity index is 1.85. The lowest BCUT2D eigenvalue weighted by atomic mass is 10.1. The number of nitrogen functional groups attached to an aromatic ring is 1. The third kappa shape index (κ3) is 2.34. The lowest BCUT2D eigenvalue weighted by molar-refractivity contribution is 0.154. The van der Waals surface area contributed by atoms with E-state index in [4.69, 9.17) is 5.73 Å². The van der Waals surface area contributed by atoms with Crippen LogP contribution in [-0.4, -0.2) is 34.3 Å². The van der Waals surface area contributed by atoms with Crippen LogP contribution in [0.4, 0.5) is 11.6 Å². The van der Waals surface area contributed by atoms with E-state index < -0.39 is 0 Å². The molecule has 17 heavy (non-hydrogen) atoms. The molecule has 1 unspecified atom stereocenters. The Kier molecular flexibility index (Phi) is 2.63. The SMILES string of the molecule is Nc1cc(N2CCCC(O)C2)nc(C2CC2)n1. The first kappa shape index (κ1) is 10.8. The number of rotatable bonds is 2. The van der Waals surface area contributed by atoms with Gasteiger partial charge in [-0.1, -0.05) is 0 Å². The van der Waals surface area contributed by atoms with E-state index in [-0.39, 0.29) is 6.10 Å². The summed E-state index contributed by atoms with van der Waals surface area (Å²) in [4.78, 5) is 11.0. The first-order valence-electron chi connectivity index (χ1n) is 6.30. The smallest absolute Gasteiger partial charge is 0.136 e. The maximum absolute atomic E-state index is 9.68. The number of aliphatic hydroxyl groups excluding tert-OH is 1. The molecule has 1 aliphatic carbocycles. The molecule has 2 aliphatic rings. The second-order valence-corrected chi connectivity index (χ2v) is 5.03. The van der Waals surface area contributed by atoms with Gasteiger partial charge in [0, 0.05) is 25.1 Å². The lowest BCUT2D eigenvalue weighted by Gasteiger charge is -2.31. The van der Waals surface area contributed by atoms with E-state index in [2.05, 4.69) is 14.9 Å². The molecule has 5 heteroatoms. The molecule has 1 aromatic heterocycles. The van der Waals surface area contributed by atoms with Gasteiger partial charge in [0.25, 0.3) is 0 Å². The third-order valence-electron chi connectivity index (χ3n) is 3.41. The number of nitrogens with two attached hydrogens (primary N) is 1. The van der Waals surface area contributed by atoms with Crippen LogP contribution in [0.2, 0.25) is 0 Å². The minimum absolute atomic E-state index is 0.246. The van der Waals surface area contributed by atoms with Gasteiger partial charge in [-0.3, -0.25) is 0 Å². The largest absolute Gasteiger partial charge is 0.391 e. The Hall–Kier alpha value is -1.36. The average Bonchev–Trinajstić information content (AvgIpc) is 3.12. The van der Waals surface area contributed by atoms with Crippen LogP contribution < -0.4 is 10.6 Å². The highest BCUT2D eigenvalue weighted by Crippen LogP contribution is 2.39. The molecule has 0 aromatic carbocycles. The molecule has 0 radical (unpaired) electrons. The summed E-state index contributed by atoms with van der Waals surface area (Å²) < 4.78 is 0. The van der Waals surface area contributed by atoms with Crippen LogP contribution >= 0.6 is 0 Å². The molecule has 0 spiro atoms. The van der Waals surface area contributed by atoms with Crippen LogP contribution in [0.1, 0.15) is 37.4 Å². The summed E-state index contributed by atoms with van der Waals surface area (Å²) >= 11 is 0. The molecule has 3 rings (SSSR count). The molecule has 3 N–H and O–H groups in total. The maximum Gasteiger partial charge on any atom is 0.136 e. The maximum atomic E-state index is 9.68. The van der Waals surface area contributed by atoms with E-state index in [1.54, 1.807) is 0 Å². The minimum Gasteiger partial charge on any atom is -0.391 e. The number of β-amino-alcohol motifs (C(OH)–C–C–N with tert-alkyl or cyclic N) is 1. The summed E-state index contributed by atoms with van der Waals surface area (Å²) in [6, 6.07) is 1.81. The van der Waals surface area contributed by atoms with Gasteiger partial charge in [-0.2, -0.15) is 0 Å². The highest BCUT2D eigenvalue weighted by Gasteiger charge is 2.28. The number of aliphatic hydroxyl groups is 1. The molecule has 5 nitrogen and oxygen atoms in total. The van der Waals surface area contributed by atoms with E-state index >= 15 is 0 Å². The second-order valence-electron chi connectivity index (χ2n) is 5.03. The van der Waals surface area contributed by atoms with Gasteiger partial charge in [0.05, 0.1) is 6.10 Å². The number of piperidine rings is 1. The van der Waals surface area contributed by atoms with Gasteiger partial charge in [0.15, 0.2) is 0 Å². The van der Waals surface area contributed by atoms with Crippen LogP contribution in [0.25, 0.3) is 0 Å². The van der Waals surface area contributed by atoms with Gasteiger partial charge < -0.3 is 15.7 Å². The van der Waals surface area contributed by atoms with Crippen molar-refractivity contribution in [3.8, 4) is 0 Å². The Morgan fingerprint density at radius 2 is 2.12 bits per heavy atom. The Morgan fingerprint density at radius 1 is 1.29 bits per heavy atom. The molecule has 92 valence electrons. The normalized spacial score (nSPS) is 25.0.